The van der Waals surface area contributed by atoms with Crippen LogP contribution in [0.5, 0.6) is 0 Å². The maximum Gasteiger partial charge on any atom is 0.407 e. The van der Waals surface area contributed by atoms with E-state index >= 15 is 0 Å². The van der Waals surface area contributed by atoms with Crippen LogP contribution in [0.25, 0.3) is 22.4 Å². The predicted octanol–water partition coefficient (Wildman–Crippen LogP) is 4.81. The van der Waals surface area contributed by atoms with Crippen molar-refractivity contribution in [3.05, 3.63) is 66.6 Å². The second-order valence-corrected chi connectivity index (χ2v) is 6.32. The van der Waals surface area contributed by atoms with Gasteiger partial charge in [0.15, 0.2) is 0 Å². The third kappa shape index (κ3) is 5.20. The highest BCUT2D eigenvalue weighted by atomic mass is 16.5. The van der Waals surface area contributed by atoms with Gasteiger partial charge in [0.25, 0.3) is 0 Å². The quantitative estimate of drug-likeness (QED) is 0.564. The number of benzene rings is 2. The lowest BCUT2D eigenvalue weighted by atomic mass is 9.98. The molecule has 3 rings (SSSR count). The summed E-state index contributed by atoms with van der Waals surface area (Å²) in [5.41, 5.74) is 4.40. The van der Waals surface area contributed by atoms with Gasteiger partial charge in [-0.1, -0.05) is 67.9 Å². The smallest absolute Gasteiger partial charge is 0.407 e. The highest BCUT2D eigenvalue weighted by Crippen LogP contribution is 2.30. The minimum atomic E-state index is -0.371. The number of aromatic amines is 1. The Hall–Kier alpha value is -3.08. The van der Waals surface area contributed by atoms with E-state index in [1.165, 1.54) is 5.56 Å². The number of hydrogen-bond donors (Lipinski definition) is 2. The summed E-state index contributed by atoms with van der Waals surface area (Å²) in [5.74, 6) is 0.835. The fraction of sp³-hybridized carbons (Fsp3) is 0.273. The summed E-state index contributed by atoms with van der Waals surface area (Å²) in [4.78, 5) is 19.4. The van der Waals surface area contributed by atoms with Gasteiger partial charge in [-0.2, -0.15) is 0 Å². The molecule has 0 aliphatic rings. The van der Waals surface area contributed by atoms with Gasteiger partial charge in [-0.05, 0) is 17.5 Å². The molecule has 140 valence electrons. The zero-order valence-corrected chi connectivity index (χ0v) is 15.6. The van der Waals surface area contributed by atoms with Crippen molar-refractivity contribution in [1.82, 2.24) is 15.3 Å². The molecular formula is C22H25N3O2. The predicted molar refractivity (Wildman–Crippen MR) is 107 cm³/mol. The monoisotopic (exact) mass is 363 g/mol. The molecule has 1 amide bonds. The van der Waals surface area contributed by atoms with Crippen LogP contribution in [0, 0.1) is 0 Å². The summed E-state index contributed by atoms with van der Waals surface area (Å²) >= 11 is 0. The van der Waals surface area contributed by atoms with E-state index < -0.39 is 0 Å². The van der Waals surface area contributed by atoms with Crippen LogP contribution in [0.1, 0.15) is 25.6 Å². The lowest BCUT2D eigenvalue weighted by Gasteiger charge is -2.08. The number of unbranched alkanes of at least 4 members (excludes halogenated alkanes) is 1. The van der Waals surface area contributed by atoms with Crippen LogP contribution >= 0.6 is 0 Å². The molecule has 5 nitrogen and oxygen atoms in total. The molecule has 0 radical (unpaired) electrons. The van der Waals surface area contributed by atoms with Crippen molar-refractivity contribution in [3.8, 4) is 22.4 Å². The topological polar surface area (TPSA) is 67.0 Å². The summed E-state index contributed by atoms with van der Waals surface area (Å²) in [5, 5.41) is 2.76. The Morgan fingerprint density at radius 3 is 2.59 bits per heavy atom. The van der Waals surface area contributed by atoms with Crippen LogP contribution in [-0.4, -0.2) is 29.2 Å². The average Bonchev–Trinajstić information content (AvgIpc) is 3.18. The lowest BCUT2D eigenvalue weighted by molar-refractivity contribution is 0.144. The molecule has 1 heterocycles. The number of aromatic nitrogens is 2. The number of nitrogens with zero attached hydrogens (tertiary/aromatic N) is 1. The van der Waals surface area contributed by atoms with E-state index in [0.717, 1.165) is 35.5 Å². The Morgan fingerprint density at radius 1 is 1.07 bits per heavy atom. The Labute approximate surface area is 159 Å². The van der Waals surface area contributed by atoms with Gasteiger partial charge in [-0.25, -0.2) is 9.78 Å². The first-order valence-electron chi connectivity index (χ1n) is 9.37. The van der Waals surface area contributed by atoms with E-state index in [1.807, 2.05) is 36.5 Å². The molecule has 0 aliphatic carbocycles. The molecule has 1 aromatic heterocycles. The van der Waals surface area contributed by atoms with Crippen LogP contribution in [0.4, 0.5) is 4.79 Å². The molecule has 0 saturated carbocycles. The maximum atomic E-state index is 11.6. The third-order valence-electron chi connectivity index (χ3n) is 4.29. The average molecular weight is 363 g/mol. The van der Waals surface area contributed by atoms with Gasteiger partial charge in [-0.15, -0.1) is 0 Å². The zero-order chi connectivity index (χ0) is 18.9. The second-order valence-electron chi connectivity index (χ2n) is 6.32. The molecule has 0 fully saturated rings. The van der Waals surface area contributed by atoms with Gasteiger partial charge < -0.3 is 15.0 Å². The van der Waals surface area contributed by atoms with Gasteiger partial charge in [0.1, 0.15) is 5.82 Å². The molecule has 2 aromatic carbocycles. The molecule has 0 bridgehead atoms. The standard InChI is InChI=1S/C22H25N3O2/c1-2-3-15-27-22(26)23-14-13-21-24-16-20(25-21)19-12-8-7-11-18(19)17-9-5-4-6-10-17/h4-12,16H,2-3,13-15H2,1H3,(H,23,26)(H,24,25). The highest BCUT2D eigenvalue weighted by Gasteiger charge is 2.10. The molecule has 27 heavy (non-hydrogen) atoms. The highest BCUT2D eigenvalue weighted by molar-refractivity contribution is 5.81. The van der Waals surface area contributed by atoms with Crippen LogP contribution < -0.4 is 5.32 Å². The van der Waals surface area contributed by atoms with Crippen molar-refractivity contribution in [2.45, 2.75) is 26.2 Å². The van der Waals surface area contributed by atoms with Crippen molar-refractivity contribution >= 4 is 6.09 Å². The van der Waals surface area contributed by atoms with Crippen LogP contribution in [0.15, 0.2) is 60.8 Å². The minimum absolute atomic E-state index is 0.371. The molecule has 5 heteroatoms. The summed E-state index contributed by atoms with van der Waals surface area (Å²) in [6, 6.07) is 18.6. The summed E-state index contributed by atoms with van der Waals surface area (Å²) < 4.78 is 5.08. The number of H-pyrrole nitrogens is 1. The maximum absolute atomic E-state index is 11.6. The summed E-state index contributed by atoms with van der Waals surface area (Å²) in [6.45, 7) is 3.01. The van der Waals surface area contributed by atoms with Gasteiger partial charge in [0.2, 0.25) is 0 Å². The Bertz CT molecular complexity index is 859. The first kappa shape index (κ1) is 18.7. The summed E-state index contributed by atoms with van der Waals surface area (Å²) in [6.07, 6.45) is 3.99. The first-order valence-corrected chi connectivity index (χ1v) is 9.37. The van der Waals surface area contributed by atoms with E-state index in [4.69, 9.17) is 4.74 Å². The van der Waals surface area contributed by atoms with Crippen molar-refractivity contribution in [2.75, 3.05) is 13.2 Å². The van der Waals surface area contributed by atoms with Crippen LogP contribution in [0.3, 0.4) is 0 Å². The number of carbonyl (C=O) groups excluding carboxylic acids is 1. The lowest BCUT2D eigenvalue weighted by Crippen LogP contribution is -2.27. The van der Waals surface area contributed by atoms with E-state index in [0.29, 0.717) is 19.6 Å². The molecule has 0 saturated heterocycles. The summed E-state index contributed by atoms with van der Waals surface area (Å²) in [7, 11) is 0. The number of imidazole rings is 1. The van der Waals surface area contributed by atoms with Crippen molar-refractivity contribution in [2.24, 2.45) is 0 Å². The van der Waals surface area contributed by atoms with Crippen LogP contribution in [-0.2, 0) is 11.2 Å². The Kier molecular flexibility index (Phi) is 6.63. The minimum Gasteiger partial charge on any atom is -0.450 e. The largest absolute Gasteiger partial charge is 0.450 e. The number of nitrogens with one attached hydrogen (secondary N) is 2. The fourth-order valence-electron chi connectivity index (χ4n) is 2.86. The molecule has 0 atom stereocenters. The van der Waals surface area contributed by atoms with Gasteiger partial charge in [0, 0.05) is 18.5 Å². The first-order chi connectivity index (χ1) is 13.3. The zero-order valence-electron chi connectivity index (χ0n) is 15.6. The van der Waals surface area contributed by atoms with E-state index in [9.17, 15) is 4.79 Å². The molecule has 0 spiro atoms. The van der Waals surface area contributed by atoms with Gasteiger partial charge in [-0.3, -0.25) is 0 Å². The third-order valence-corrected chi connectivity index (χ3v) is 4.29. The second kappa shape index (κ2) is 9.57. The molecule has 2 N–H and O–H groups in total. The number of rotatable bonds is 8. The fourth-order valence-corrected chi connectivity index (χ4v) is 2.86. The van der Waals surface area contributed by atoms with E-state index in [2.05, 4.69) is 46.5 Å². The van der Waals surface area contributed by atoms with Crippen LogP contribution in [0.2, 0.25) is 0 Å². The van der Waals surface area contributed by atoms with Crippen molar-refractivity contribution in [1.29, 1.82) is 0 Å². The number of alkyl carbamates (subject to hydrolysis) is 1. The normalized spacial score (nSPS) is 10.6. The Morgan fingerprint density at radius 2 is 1.81 bits per heavy atom. The van der Waals surface area contributed by atoms with Gasteiger partial charge >= 0.3 is 6.09 Å². The van der Waals surface area contributed by atoms with E-state index in [-0.39, 0.29) is 6.09 Å². The molecule has 0 aliphatic heterocycles. The number of amides is 1. The molecular weight excluding hydrogens is 338 g/mol. The number of hydrogen-bond acceptors (Lipinski definition) is 3. The van der Waals surface area contributed by atoms with Gasteiger partial charge in [0.05, 0.1) is 18.5 Å². The van der Waals surface area contributed by atoms with Crippen molar-refractivity contribution in [3.63, 3.8) is 0 Å². The number of carbonyl (C=O) groups is 1. The van der Waals surface area contributed by atoms with E-state index in [1.54, 1.807) is 0 Å². The Balaban J connectivity index is 1.63. The molecule has 0 unspecified atom stereocenters. The van der Waals surface area contributed by atoms with Crippen molar-refractivity contribution < 1.29 is 9.53 Å². The molecule has 3 aromatic rings. The number of ether oxygens (including phenoxy) is 1. The SMILES string of the molecule is CCCCOC(=O)NCCc1ncc(-c2ccccc2-c2ccccc2)[nH]1.